The van der Waals surface area contributed by atoms with Gasteiger partial charge in [-0.3, -0.25) is 0 Å². The highest BCUT2D eigenvalue weighted by Gasteiger charge is 2.20. The first kappa shape index (κ1) is 15.8. The van der Waals surface area contributed by atoms with Crippen LogP contribution in [0.4, 0.5) is 0 Å². The van der Waals surface area contributed by atoms with Crippen LogP contribution in [0.15, 0.2) is 18.2 Å². The van der Waals surface area contributed by atoms with Crippen molar-refractivity contribution in [3.63, 3.8) is 0 Å². The molecule has 2 aromatic carbocycles. The Morgan fingerprint density at radius 1 is 0.619 bits per heavy atom. The van der Waals surface area contributed by atoms with Crippen LogP contribution in [-0.4, -0.2) is 5.11 Å². The number of hydrogen-bond donors (Lipinski definition) is 1. The minimum absolute atomic E-state index is 0.554. The summed E-state index contributed by atoms with van der Waals surface area (Å²) in [6, 6.07) is 6.31. The summed E-state index contributed by atoms with van der Waals surface area (Å²) in [4.78, 5) is 0. The average molecular weight is 282 g/mol. The van der Waals surface area contributed by atoms with Crippen molar-refractivity contribution < 1.29 is 5.11 Å². The van der Waals surface area contributed by atoms with E-state index in [9.17, 15) is 5.11 Å². The zero-order valence-corrected chi connectivity index (χ0v) is 14.3. The first-order valence-corrected chi connectivity index (χ1v) is 7.57. The quantitative estimate of drug-likeness (QED) is 0.828. The first-order chi connectivity index (χ1) is 9.73. The number of hydrogen-bond acceptors (Lipinski definition) is 1. The monoisotopic (exact) mass is 282 g/mol. The second kappa shape index (κ2) is 5.65. The molecule has 0 aliphatic rings. The van der Waals surface area contributed by atoms with E-state index in [0.717, 1.165) is 11.1 Å². The van der Waals surface area contributed by atoms with Crippen LogP contribution in [0, 0.1) is 48.5 Å². The molecular weight excluding hydrogens is 256 g/mol. The van der Waals surface area contributed by atoms with Crippen LogP contribution in [0.2, 0.25) is 0 Å². The number of aliphatic hydroxyl groups is 1. The van der Waals surface area contributed by atoms with E-state index in [0.29, 0.717) is 0 Å². The predicted octanol–water partition coefficient (Wildman–Crippen LogP) is 4.93. The van der Waals surface area contributed by atoms with Gasteiger partial charge in [-0.25, -0.2) is 0 Å². The summed E-state index contributed by atoms with van der Waals surface area (Å²) < 4.78 is 0. The third kappa shape index (κ3) is 2.75. The van der Waals surface area contributed by atoms with Crippen molar-refractivity contribution in [1.29, 1.82) is 0 Å². The minimum Gasteiger partial charge on any atom is -0.384 e. The van der Waals surface area contributed by atoms with Crippen molar-refractivity contribution >= 4 is 0 Å². The fourth-order valence-corrected chi connectivity index (χ4v) is 3.27. The van der Waals surface area contributed by atoms with Gasteiger partial charge >= 0.3 is 0 Å². The molecule has 0 saturated heterocycles. The third-order valence-electron chi connectivity index (χ3n) is 4.89. The van der Waals surface area contributed by atoms with Crippen molar-refractivity contribution in [1.82, 2.24) is 0 Å². The van der Waals surface area contributed by atoms with Gasteiger partial charge in [0.05, 0.1) is 0 Å². The summed E-state index contributed by atoms with van der Waals surface area (Å²) in [7, 11) is 0. The highest BCUT2D eigenvalue weighted by atomic mass is 16.3. The Kier molecular flexibility index (Phi) is 4.25. The topological polar surface area (TPSA) is 20.2 Å². The zero-order valence-electron chi connectivity index (χ0n) is 14.3. The van der Waals surface area contributed by atoms with Crippen molar-refractivity contribution in [2.24, 2.45) is 0 Å². The molecule has 0 radical (unpaired) electrons. The van der Waals surface area contributed by atoms with E-state index >= 15 is 0 Å². The van der Waals surface area contributed by atoms with Gasteiger partial charge < -0.3 is 5.11 Å². The first-order valence-electron chi connectivity index (χ1n) is 7.57. The van der Waals surface area contributed by atoms with E-state index in [-0.39, 0.29) is 0 Å². The van der Waals surface area contributed by atoms with Crippen LogP contribution in [0.25, 0.3) is 0 Å². The molecule has 2 rings (SSSR count). The fourth-order valence-electron chi connectivity index (χ4n) is 3.27. The normalized spacial score (nSPS) is 12.6. The summed E-state index contributed by atoms with van der Waals surface area (Å²) in [5.41, 5.74) is 10.8. The Morgan fingerprint density at radius 3 is 1.43 bits per heavy atom. The second-order valence-corrected chi connectivity index (χ2v) is 6.36. The van der Waals surface area contributed by atoms with Crippen LogP contribution >= 0.6 is 0 Å². The molecule has 0 aliphatic heterocycles. The smallest absolute Gasteiger partial charge is 0.105 e. The molecule has 1 atom stereocenters. The van der Waals surface area contributed by atoms with Gasteiger partial charge in [-0.05, 0) is 87.4 Å². The van der Waals surface area contributed by atoms with Crippen LogP contribution in [0.5, 0.6) is 0 Å². The lowest BCUT2D eigenvalue weighted by Gasteiger charge is -2.23. The van der Waals surface area contributed by atoms with Gasteiger partial charge in [0.25, 0.3) is 0 Å². The lowest BCUT2D eigenvalue weighted by Crippen LogP contribution is -2.09. The maximum atomic E-state index is 10.9. The number of aryl methyl sites for hydroxylation is 2. The highest BCUT2D eigenvalue weighted by molar-refractivity contribution is 5.52. The Hall–Kier alpha value is -1.60. The molecule has 0 bridgehead atoms. The highest BCUT2D eigenvalue weighted by Crippen LogP contribution is 2.34. The Bertz CT molecular complexity index is 646. The largest absolute Gasteiger partial charge is 0.384 e. The average Bonchev–Trinajstić information content (AvgIpc) is 2.42. The van der Waals surface area contributed by atoms with E-state index in [1.54, 1.807) is 0 Å². The van der Waals surface area contributed by atoms with Crippen molar-refractivity contribution in [2.75, 3.05) is 0 Å². The lowest BCUT2D eigenvalue weighted by atomic mass is 9.85. The molecule has 0 heterocycles. The van der Waals surface area contributed by atoms with E-state index in [1.165, 1.54) is 38.9 Å². The van der Waals surface area contributed by atoms with E-state index in [4.69, 9.17) is 0 Å². The molecule has 0 fully saturated rings. The summed E-state index contributed by atoms with van der Waals surface area (Å²) in [6.07, 6.45) is -0.554. The molecule has 0 aliphatic carbocycles. The summed E-state index contributed by atoms with van der Waals surface area (Å²) in [5.74, 6) is 0. The van der Waals surface area contributed by atoms with Crippen molar-refractivity contribution in [2.45, 2.75) is 54.6 Å². The maximum absolute atomic E-state index is 10.9. The van der Waals surface area contributed by atoms with E-state index < -0.39 is 6.10 Å². The molecule has 1 heteroatoms. The third-order valence-corrected chi connectivity index (χ3v) is 4.89. The Morgan fingerprint density at radius 2 is 1.00 bits per heavy atom. The van der Waals surface area contributed by atoms with Crippen LogP contribution in [0.1, 0.15) is 56.2 Å². The minimum atomic E-state index is -0.554. The molecule has 1 N–H and O–H groups in total. The van der Waals surface area contributed by atoms with Crippen molar-refractivity contribution in [3.8, 4) is 0 Å². The van der Waals surface area contributed by atoms with Gasteiger partial charge in [-0.1, -0.05) is 29.3 Å². The summed E-state index contributed by atoms with van der Waals surface area (Å²) >= 11 is 0. The standard InChI is InChI=1S/C20H26O/c1-11-8-12(2)10-18(9-11)20(21)19-16(6)14(4)13(3)15(5)17(19)7/h8-10,20-21H,1-7H3. The number of aliphatic hydroxyl groups excluding tert-OH is 1. The molecule has 0 amide bonds. The van der Waals surface area contributed by atoms with Gasteiger partial charge in [0.2, 0.25) is 0 Å². The fraction of sp³-hybridized carbons (Fsp3) is 0.400. The predicted molar refractivity (Wildman–Crippen MR) is 90.1 cm³/mol. The second-order valence-electron chi connectivity index (χ2n) is 6.36. The molecule has 0 spiro atoms. The summed E-state index contributed by atoms with van der Waals surface area (Å²) in [6.45, 7) is 14.9. The number of benzene rings is 2. The van der Waals surface area contributed by atoms with Gasteiger partial charge in [0, 0.05) is 0 Å². The SMILES string of the molecule is Cc1cc(C)cc(C(O)c2c(C)c(C)c(C)c(C)c2C)c1. The van der Waals surface area contributed by atoms with Crippen LogP contribution < -0.4 is 0 Å². The molecule has 112 valence electrons. The van der Waals surface area contributed by atoms with E-state index in [1.807, 2.05) is 0 Å². The lowest BCUT2D eigenvalue weighted by molar-refractivity contribution is 0.218. The molecule has 1 nitrogen and oxygen atoms in total. The molecule has 0 aromatic heterocycles. The zero-order chi connectivity index (χ0) is 15.9. The summed E-state index contributed by atoms with van der Waals surface area (Å²) in [5, 5.41) is 10.9. The maximum Gasteiger partial charge on any atom is 0.105 e. The van der Waals surface area contributed by atoms with Crippen LogP contribution in [0.3, 0.4) is 0 Å². The Labute approximate surface area is 128 Å². The van der Waals surface area contributed by atoms with Gasteiger partial charge in [0.15, 0.2) is 0 Å². The molecule has 1 unspecified atom stereocenters. The van der Waals surface area contributed by atoms with Gasteiger partial charge in [-0.15, -0.1) is 0 Å². The Balaban J connectivity index is 2.66. The number of rotatable bonds is 2. The van der Waals surface area contributed by atoms with E-state index in [2.05, 4.69) is 66.7 Å². The molecule has 0 saturated carbocycles. The van der Waals surface area contributed by atoms with Crippen molar-refractivity contribution in [3.05, 3.63) is 68.3 Å². The molecule has 21 heavy (non-hydrogen) atoms. The van der Waals surface area contributed by atoms with Crippen LogP contribution in [-0.2, 0) is 0 Å². The molecule has 2 aromatic rings. The van der Waals surface area contributed by atoms with Gasteiger partial charge in [0.1, 0.15) is 6.10 Å². The molecular formula is C20H26O. The van der Waals surface area contributed by atoms with Gasteiger partial charge in [-0.2, -0.15) is 0 Å².